The molecule has 23 heavy (non-hydrogen) atoms. The minimum Gasteiger partial charge on any atom is -0.441 e. The van der Waals surface area contributed by atoms with Crippen LogP contribution in [0.4, 0.5) is 4.79 Å². The van der Waals surface area contributed by atoms with Gasteiger partial charge in [0.05, 0.1) is 0 Å². The van der Waals surface area contributed by atoms with E-state index in [9.17, 15) is 14.4 Å². The van der Waals surface area contributed by atoms with Crippen LogP contribution in [0, 0.1) is 5.92 Å². The summed E-state index contributed by atoms with van der Waals surface area (Å²) in [5.74, 6) is 0.0972. The molecule has 1 heterocycles. The molecular formula is C16H27N3O4. The zero-order valence-corrected chi connectivity index (χ0v) is 14.0. The molecule has 3 amide bonds. The van der Waals surface area contributed by atoms with Crippen molar-refractivity contribution in [2.45, 2.75) is 51.7 Å². The Hall–Kier alpha value is -1.79. The molecule has 7 nitrogen and oxygen atoms in total. The van der Waals surface area contributed by atoms with Gasteiger partial charge >= 0.3 is 6.03 Å². The number of rotatable bonds is 4. The van der Waals surface area contributed by atoms with E-state index in [1.165, 1.54) is 0 Å². The molecule has 1 saturated carbocycles. The Balaban J connectivity index is 1.89. The van der Waals surface area contributed by atoms with E-state index in [0.29, 0.717) is 45.5 Å². The molecule has 7 heteroatoms. The van der Waals surface area contributed by atoms with Crippen LogP contribution in [-0.4, -0.2) is 60.1 Å². The van der Waals surface area contributed by atoms with Gasteiger partial charge in [0.2, 0.25) is 5.91 Å². The van der Waals surface area contributed by atoms with Gasteiger partial charge in [-0.25, -0.2) is 4.79 Å². The van der Waals surface area contributed by atoms with Gasteiger partial charge in [-0.2, -0.15) is 0 Å². The van der Waals surface area contributed by atoms with Crippen LogP contribution in [0.25, 0.3) is 0 Å². The topological polar surface area (TPSA) is 79.0 Å². The smallest absolute Gasteiger partial charge is 0.320 e. The second-order valence-electron chi connectivity index (χ2n) is 6.67. The summed E-state index contributed by atoms with van der Waals surface area (Å²) in [4.78, 5) is 38.7. The van der Waals surface area contributed by atoms with Crippen molar-refractivity contribution in [3.8, 4) is 0 Å². The molecule has 1 aliphatic heterocycles. The molecule has 0 aromatic heterocycles. The summed E-state index contributed by atoms with van der Waals surface area (Å²) in [6.45, 7) is 6.28. The summed E-state index contributed by atoms with van der Waals surface area (Å²) in [6, 6.07) is -0.217. The van der Waals surface area contributed by atoms with E-state index in [1.807, 2.05) is 13.8 Å². The zero-order chi connectivity index (χ0) is 16.9. The highest BCUT2D eigenvalue weighted by Crippen LogP contribution is 2.29. The van der Waals surface area contributed by atoms with Crippen molar-refractivity contribution in [1.29, 1.82) is 0 Å². The van der Waals surface area contributed by atoms with Crippen LogP contribution in [0.3, 0.4) is 0 Å². The van der Waals surface area contributed by atoms with Crippen molar-refractivity contribution in [2.75, 3.05) is 26.2 Å². The first-order valence-corrected chi connectivity index (χ1v) is 8.45. The quantitative estimate of drug-likeness (QED) is 0.625. The zero-order valence-electron chi connectivity index (χ0n) is 14.0. The second kappa shape index (κ2) is 7.66. The van der Waals surface area contributed by atoms with Gasteiger partial charge in [-0.15, -0.1) is 0 Å². The second-order valence-corrected chi connectivity index (χ2v) is 6.67. The Bertz CT molecular complexity index is 439. The van der Waals surface area contributed by atoms with Crippen molar-refractivity contribution in [3.05, 3.63) is 0 Å². The molecule has 2 rings (SSSR count). The van der Waals surface area contributed by atoms with Gasteiger partial charge in [-0.05, 0) is 12.8 Å². The normalized spacial score (nSPS) is 21.0. The number of nitrogens with zero attached hydrogens (tertiary/aromatic N) is 2. The van der Waals surface area contributed by atoms with E-state index < -0.39 is 5.72 Å². The number of nitrogens with one attached hydrogen (secondary N) is 1. The Labute approximate surface area is 137 Å². The lowest BCUT2D eigenvalue weighted by atomic mass is 9.91. The fourth-order valence-electron chi connectivity index (χ4n) is 3.26. The van der Waals surface area contributed by atoms with Crippen LogP contribution in [0.5, 0.6) is 0 Å². The maximum Gasteiger partial charge on any atom is 0.320 e. The number of carbonyl (C=O) groups is 3. The number of ether oxygens (including phenoxy) is 1. The standard InChI is InChI=1S/C16H27N3O4/c1-13(2)14(21)18-8-10-19(11-9-18)15(22)17-16(23-12-20)6-4-3-5-7-16/h12-13H,3-11H2,1-2H3,(H,17,22). The first kappa shape index (κ1) is 17.6. The highest BCUT2D eigenvalue weighted by atomic mass is 16.6. The molecule has 2 aliphatic rings. The molecule has 0 bridgehead atoms. The number of urea groups is 1. The molecule has 0 radical (unpaired) electrons. The third kappa shape index (κ3) is 4.36. The van der Waals surface area contributed by atoms with E-state index in [4.69, 9.17) is 4.74 Å². The number of hydrogen-bond acceptors (Lipinski definition) is 4. The molecular weight excluding hydrogens is 298 g/mol. The maximum atomic E-state index is 12.5. The Morgan fingerprint density at radius 1 is 1.04 bits per heavy atom. The highest BCUT2D eigenvalue weighted by Gasteiger charge is 2.37. The lowest BCUT2D eigenvalue weighted by Crippen LogP contribution is -2.59. The molecule has 0 aromatic carbocycles. The van der Waals surface area contributed by atoms with Gasteiger partial charge in [-0.3, -0.25) is 14.9 Å². The van der Waals surface area contributed by atoms with Gasteiger partial charge in [0.15, 0.2) is 5.72 Å². The lowest BCUT2D eigenvalue weighted by molar-refractivity contribution is -0.150. The van der Waals surface area contributed by atoms with Crippen LogP contribution in [0.15, 0.2) is 0 Å². The summed E-state index contributed by atoms with van der Waals surface area (Å²) >= 11 is 0. The van der Waals surface area contributed by atoms with Crippen LogP contribution in [0.1, 0.15) is 46.0 Å². The monoisotopic (exact) mass is 325 g/mol. The van der Waals surface area contributed by atoms with Crippen molar-refractivity contribution in [2.24, 2.45) is 5.92 Å². The van der Waals surface area contributed by atoms with Crippen molar-refractivity contribution in [1.82, 2.24) is 15.1 Å². The third-order valence-corrected chi connectivity index (χ3v) is 4.64. The molecule has 1 N–H and O–H groups in total. The number of carbonyl (C=O) groups excluding carboxylic acids is 3. The lowest BCUT2D eigenvalue weighted by Gasteiger charge is -2.40. The molecule has 0 spiro atoms. The molecule has 0 unspecified atom stereocenters. The van der Waals surface area contributed by atoms with Gasteiger partial charge in [-0.1, -0.05) is 20.3 Å². The first-order valence-electron chi connectivity index (χ1n) is 8.45. The molecule has 0 atom stereocenters. The molecule has 1 saturated heterocycles. The predicted molar refractivity (Wildman–Crippen MR) is 84.5 cm³/mol. The molecule has 2 fully saturated rings. The SMILES string of the molecule is CC(C)C(=O)N1CCN(C(=O)NC2(OC=O)CCCCC2)CC1. The minimum absolute atomic E-state index is 0.0260. The number of hydrogen-bond donors (Lipinski definition) is 1. The average molecular weight is 325 g/mol. The highest BCUT2D eigenvalue weighted by molar-refractivity contribution is 5.79. The Kier molecular flexibility index (Phi) is 5.85. The Morgan fingerprint density at radius 3 is 2.13 bits per heavy atom. The fourth-order valence-corrected chi connectivity index (χ4v) is 3.26. The largest absolute Gasteiger partial charge is 0.441 e. The van der Waals surface area contributed by atoms with E-state index in [-0.39, 0.29) is 17.9 Å². The van der Waals surface area contributed by atoms with E-state index in [0.717, 1.165) is 19.3 Å². The predicted octanol–water partition coefficient (Wildman–Crippen LogP) is 1.33. The van der Waals surface area contributed by atoms with Gasteiger partial charge in [0.25, 0.3) is 6.47 Å². The molecule has 1 aliphatic carbocycles. The summed E-state index contributed by atoms with van der Waals surface area (Å²) < 4.78 is 5.22. The minimum atomic E-state index is -0.859. The van der Waals surface area contributed by atoms with Crippen molar-refractivity contribution < 1.29 is 19.1 Å². The molecule has 0 aromatic rings. The van der Waals surface area contributed by atoms with Crippen molar-refractivity contribution >= 4 is 18.4 Å². The van der Waals surface area contributed by atoms with Crippen LogP contribution in [0.2, 0.25) is 0 Å². The van der Waals surface area contributed by atoms with Gasteiger partial charge in [0, 0.05) is 44.9 Å². The van der Waals surface area contributed by atoms with E-state index >= 15 is 0 Å². The fraction of sp³-hybridized carbons (Fsp3) is 0.812. The molecule has 130 valence electrons. The average Bonchev–Trinajstić information content (AvgIpc) is 2.55. The van der Waals surface area contributed by atoms with Gasteiger partial charge < -0.3 is 14.5 Å². The Morgan fingerprint density at radius 2 is 1.61 bits per heavy atom. The van der Waals surface area contributed by atoms with E-state index in [2.05, 4.69) is 5.32 Å². The van der Waals surface area contributed by atoms with Crippen molar-refractivity contribution in [3.63, 3.8) is 0 Å². The summed E-state index contributed by atoms with van der Waals surface area (Å²) in [5, 5.41) is 2.90. The van der Waals surface area contributed by atoms with Crippen LogP contribution < -0.4 is 5.32 Å². The third-order valence-electron chi connectivity index (χ3n) is 4.64. The number of piperazine rings is 1. The maximum absolute atomic E-state index is 12.5. The summed E-state index contributed by atoms with van der Waals surface area (Å²) in [7, 11) is 0. The van der Waals surface area contributed by atoms with Gasteiger partial charge in [0.1, 0.15) is 0 Å². The van der Waals surface area contributed by atoms with Crippen LogP contribution >= 0.6 is 0 Å². The number of amides is 3. The first-order chi connectivity index (χ1) is 11.0. The van der Waals surface area contributed by atoms with E-state index in [1.54, 1.807) is 9.80 Å². The van der Waals surface area contributed by atoms with Crippen LogP contribution in [-0.2, 0) is 14.3 Å². The summed E-state index contributed by atoms with van der Waals surface area (Å²) in [6.07, 6.45) is 4.28. The summed E-state index contributed by atoms with van der Waals surface area (Å²) in [5.41, 5.74) is -0.859.